The second-order valence-electron chi connectivity index (χ2n) is 5.67. The fourth-order valence-electron chi connectivity index (χ4n) is 2.90. The molecule has 124 valence electrons. The van der Waals surface area contributed by atoms with Crippen molar-refractivity contribution in [3.63, 3.8) is 0 Å². The van der Waals surface area contributed by atoms with Crippen LogP contribution >= 0.6 is 11.3 Å². The van der Waals surface area contributed by atoms with Crippen molar-refractivity contribution in [2.75, 3.05) is 36.0 Å². The first-order valence-electron chi connectivity index (χ1n) is 7.62. The molecule has 0 amide bonds. The van der Waals surface area contributed by atoms with Crippen LogP contribution in [0.15, 0.2) is 33.4 Å². The molecule has 0 radical (unpaired) electrons. The normalized spacial score (nSPS) is 15.2. The van der Waals surface area contributed by atoms with Crippen molar-refractivity contribution in [3.8, 4) is 0 Å². The maximum Gasteiger partial charge on any atom is 0.329 e. The summed E-state index contributed by atoms with van der Waals surface area (Å²) < 4.78 is 1.06. The molecule has 8 nitrogen and oxygen atoms in total. The van der Waals surface area contributed by atoms with E-state index in [-0.39, 0.29) is 5.56 Å². The Morgan fingerprint density at radius 2 is 1.88 bits per heavy atom. The van der Waals surface area contributed by atoms with Crippen molar-refractivity contribution in [2.45, 2.75) is 0 Å². The van der Waals surface area contributed by atoms with Crippen molar-refractivity contribution in [3.05, 3.63) is 44.7 Å². The van der Waals surface area contributed by atoms with E-state index in [0.717, 1.165) is 33.7 Å². The molecular formula is C15H16N6O2S. The average molecular weight is 344 g/mol. The minimum absolute atomic E-state index is 0.299. The van der Waals surface area contributed by atoms with Crippen LogP contribution < -0.4 is 21.0 Å². The molecule has 0 atom stereocenters. The molecule has 1 aliphatic heterocycles. The van der Waals surface area contributed by atoms with Gasteiger partial charge >= 0.3 is 5.69 Å². The third-order valence-corrected chi connectivity index (χ3v) is 5.11. The largest absolute Gasteiger partial charge is 0.354 e. The minimum atomic E-state index is -0.393. The number of fused-ring (bicyclic) bond motifs is 1. The maximum absolute atomic E-state index is 11.8. The van der Waals surface area contributed by atoms with Gasteiger partial charge in [-0.25, -0.2) is 14.8 Å². The van der Waals surface area contributed by atoms with E-state index in [0.29, 0.717) is 18.9 Å². The molecule has 3 aromatic rings. The molecule has 0 aliphatic carbocycles. The van der Waals surface area contributed by atoms with Crippen LogP contribution in [0.2, 0.25) is 0 Å². The van der Waals surface area contributed by atoms with Crippen LogP contribution in [0.1, 0.15) is 0 Å². The predicted molar refractivity (Wildman–Crippen MR) is 94.1 cm³/mol. The van der Waals surface area contributed by atoms with E-state index < -0.39 is 5.69 Å². The first kappa shape index (κ1) is 14.9. The zero-order valence-electron chi connectivity index (χ0n) is 13.1. The van der Waals surface area contributed by atoms with Gasteiger partial charge in [0.25, 0.3) is 5.56 Å². The van der Waals surface area contributed by atoms with E-state index in [1.807, 2.05) is 16.3 Å². The van der Waals surface area contributed by atoms with Gasteiger partial charge in [-0.3, -0.25) is 14.3 Å². The van der Waals surface area contributed by atoms with E-state index in [9.17, 15) is 9.59 Å². The molecule has 0 bridgehead atoms. The Kier molecular flexibility index (Phi) is 3.57. The lowest BCUT2D eigenvalue weighted by Crippen LogP contribution is -2.48. The van der Waals surface area contributed by atoms with E-state index >= 15 is 0 Å². The number of hydrogen-bond acceptors (Lipinski definition) is 7. The van der Waals surface area contributed by atoms with Gasteiger partial charge in [-0.1, -0.05) is 0 Å². The zero-order valence-corrected chi connectivity index (χ0v) is 13.9. The Morgan fingerprint density at radius 3 is 2.62 bits per heavy atom. The predicted octanol–water partition coefficient (Wildman–Crippen LogP) is 0.405. The third kappa shape index (κ3) is 2.46. The van der Waals surface area contributed by atoms with Gasteiger partial charge in [0.15, 0.2) is 0 Å². The monoisotopic (exact) mass is 344 g/mol. The quantitative estimate of drug-likeness (QED) is 0.724. The van der Waals surface area contributed by atoms with Crippen LogP contribution in [0.5, 0.6) is 0 Å². The Labute approximate surface area is 141 Å². The Balaban J connectivity index is 1.56. The van der Waals surface area contributed by atoms with Crippen LogP contribution in [-0.2, 0) is 7.05 Å². The lowest BCUT2D eigenvalue weighted by Gasteiger charge is -2.36. The van der Waals surface area contributed by atoms with Gasteiger partial charge in [0.2, 0.25) is 0 Å². The van der Waals surface area contributed by atoms with Gasteiger partial charge < -0.3 is 9.80 Å². The van der Waals surface area contributed by atoms with Gasteiger partial charge in [-0.2, -0.15) is 0 Å². The second kappa shape index (κ2) is 5.75. The highest BCUT2D eigenvalue weighted by Crippen LogP contribution is 2.27. The van der Waals surface area contributed by atoms with Crippen molar-refractivity contribution in [1.29, 1.82) is 0 Å². The van der Waals surface area contributed by atoms with Gasteiger partial charge in [0.05, 0.1) is 5.39 Å². The standard InChI is InChI=1S/C15H16N6O2S/c1-19-12(22)8-11(18-15(19)23)20-3-5-21(6-4-20)13-10-2-7-24-14(10)17-9-16-13/h2,7-9H,3-6H2,1H3,(H,18,23). The summed E-state index contributed by atoms with van der Waals surface area (Å²) in [6.45, 7) is 2.94. The Morgan fingerprint density at radius 1 is 1.12 bits per heavy atom. The summed E-state index contributed by atoms with van der Waals surface area (Å²) in [5.74, 6) is 1.52. The molecule has 24 heavy (non-hydrogen) atoms. The molecule has 0 aromatic carbocycles. The first-order chi connectivity index (χ1) is 11.6. The number of aromatic amines is 1. The third-order valence-electron chi connectivity index (χ3n) is 4.29. The van der Waals surface area contributed by atoms with Crippen LogP contribution in [0.4, 0.5) is 11.6 Å². The fraction of sp³-hybridized carbons (Fsp3) is 0.333. The molecule has 1 N–H and O–H groups in total. The number of rotatable bonds is 2. The lowest BCUT2D eigenvalue weighted by molar-refractivity contribution is 0.636. The summed E-state index contributed by atoms with van der Waals surface area (Å²) in [6.07, 6.45) is 1.60. The van der Waals surface area contributed by atoms with Crippen molar-refractivity contribution in [1.82, 2.24) is 19.5 Å². The van der Waals surface area contributed by atoms with Crippen molar-refractivity contribution in [2.24, 2.45) is 7.05 Å². The molecule has 9 heteroatoms. The van der Waals surface area contributed by atoms with Crippen molar-refractivity contribution >= 4 is 33.2 Å². The molecule has 0 saturated carbocycles. The molecule has 1 aliphatic rings. The van der Waals surface area contributed by atoms with Crippen LogP contribution in [0.3, 0.4) is 0 Å². The molecular weight excluding hydrogens is 328 g/mol. The van der Waals surface area contributed by atoms with Crippen LogP contribution in [-0.4, -0.2) is 45.7 Å². The molecule has 1 fully saturated rings. The molecule has 4 rings (SSSR count). The van der Waals surface area contributed by atoms with Crippen LogP contribution in [0, 0.1) is 0 Å². The lowest BCUT2D eigenvalue weighted by atomic mass is 10.2. The highest BCUT2D eigenvalue weighted by Gasteiger charge is 2.21. The number of hydrogen-bond donors (Lipinski definition) is 1. The van der Waals surface area contributed by atoms with Gasteiger partial charge in [0.1, 0.15) is 22.8 Å². The van der Waals surface area contributed by atoms with Crippen molar-refractivity contribution < 1.29 is 0 Å². The van der Waals surface area contributed by atoms with E-state index in [4.69, 9.17) is 0 Å². The summed E-state index contributed by atoms with van der Waals surface area (Å²) >= 11 is 1.60. The second-order valence-corrected chi connectivity index (χ2v) is 6.56. The Hall–Kier alpha value is -2.68. The molecule has 0 spiro atoms. The summed E-state index contributed by atoms with van der Waals surface area (Å²) in [5.41, 5.74) is -0.692. The number of anilines is 2. The summed E-state index contributed by atoms with van der Waals surface area (Å²) in [4.78, 5) is 40.2. The van der Waals surface area contributed by atoms with E-state index in [1.165, 1.54) is 13.1 Å². The number of piperazine rings is 1. The molecule has 0 unspecified atom stereocenters. The minimum Gasteiger partial charge on any atom is -0.354 e. The van der Waals surface area contributed by atoms with E-state index in [1.54, 1.807) is 17.7 Å². The maximum atomic E-state index is 11.8. The number of nitrogens with one attached hydrogen (secondary N) is 1. The molecule has 1 saturated heterocycles. The topological polar surface area (TPSA) is 87.1 Å². The highest BCUT2D eigenvalue weighted by molar-refractivity contribution is 7.16. The Bertz CT molecular complexity index is 968. The van der Waals surface area contributed by atoms with Crippen LogP contribution in [0.25, 0.3) is 10.2 Å². The summed E-state index contributed by atoms with van der Waals surface area (Å²) in [5, 5.41) is 3.08. The average Bonchev–Trinajstić information content (AvgIpc) is 3.08. The number of nitrogens with zero attached hydrogens (tertiary/aromatic N) is 5. The fourth-order valence-corrected chi connectivity index (χ4v) is 3.63. The number of H-pyrrole nitrogens is 1. The van der Waals surface area contributed by atoms with Gasteiger partial charge in [-0.05, 0) is 11.4 Å². The molecule has 4 heterocycles. The van der Waals surface area contributed by atoms with E-state index in [2.05, 4.69) is 19.9 Å². The molecule has 3 aromatic heterocycles. The summed E-state index contributed by atoms with van der Waals surface area (Å²) in [7, 11) is 1.46. The smallest absolute Gasteiger partial charge is 0.329 e. The number of aromatic nitrogens is 4. The zero-order chi connectivity index (χ0) is 16.7. The first-order valence-corrected chi connectivity index (χ1v) is 8.50. The van der Waals surface area contributed by atoms with Gasteiger partial charge in [0, 0.05) is 39.3 Å². The highest BCUT2D eigenvalue weighted by atomic mass is 32.1. The van der Waals surface area contributed by atoms with Gasteiger partial charge in [-0.15, -0.1) is 11.3 Å². The SMILES string of the molecule is Cn1c(=O)cc(N2CCN(c3ncnc4sccc34)CC2)[nH]c1=O. The number of thiophene rings is 1. The summed E-state index contributed by atoms with van der Waals surface area (Å²) in [6, 6.07) is 3.51.